The predicted octanol–water partition coefficient (Wildman–Crippen LogP) is 2.33. The Hall–Kier alpha value is -1.11. The standard InChI is InChI=1S/C8H11N/c1-4-6-8(3)9-7-5-2/h4-7H,1-2H2,3H3/b8-6+,9-7-. The van der Waals surface area contributed by atoms with Gasteiger partial charge in [0.05, 0.1) is 0 Å². The maximum Gasteiger partial charge on any atom is 0.0372 e. The minimum Gasteiger partial charge on any atom is -0.262 e. The van der Waals surface area contributed by atoms with Gasteiger partial charge in [0.1, 0.15) is 0 Å². The first kappa shape index (κ1) is 7.89. The number of allylic oxidation sites excluding steroid dienone is 4. The van der Waals surface area contributed by atoms with Crippen LogP contribution in [0.3, 0.4) is 0 Å². The summed E-state index contributed by atoms with van der Waals surface area (Å²) < 4.78 is 0. The zero-order chi connectivity index (χ0) is 7.11. The second-order valence-electron chi connectivity index (χ2n) is 1.56. The monoisotopic (exact) mass is 121 g/mol. The molecule has 0 saturated heterocycles. The van der Waals surface area contributed by atoms with Gasteiger partial charge in [-0.1, -0.05) is 25.3 Å². The number of hydrogen-bond acceptors (Lipinski definition) is 1. The smallest absolute Gasteiger partial charge is 0.0372 e. The van der Waals surface area contributed by atoms with Gasteiger partial charge in [-0.05, 0) is 13.0 Å². The van der Waals surface area contributed by atoms with Crippen LogP contribution < -0.4 is 0 Å². The number of hydrogen-bond donors (Lipinski definition) is 0. The molecule has 0 fully saturated rings. The quantitative estimate of drug-likeness (QED) is 0.401. The molecule has 0 aromatic heterocycles. The highest BCUT2D eigenvalue weighted by Gasteiger charge is 1.73. The van der Waals surface area contributed by atoms with E-state index in [-0.39, 0.29) is 0 Å². The molecule has 48 valence electrons. The molecule has 9 heavy (non-hydrogen) atoms. The lowest BCUT2D eigenvalue weighted by atomic mass is 10.4. The van der Waals surface area contributed by atoms with E-state index < -0.39 is 0 Å². The summed E-state index contributed by atoms with van der Waals surface area (Å²) in [5.41, 5.74) is 0.935. The second-order valence-corrected chi connectivity index (χ2v) is 1.56. The van der Waals surface area contributed by atoms with E-state index in [1.165, 1.54) is 0 Å². The molecular formula is C8H11N. The Morgan fingerprint density at radius 2 is 2.00 bits per heavy atom. The molecule has 0 saturated carbocycles. The molecule has 0 radical (unpaired) electrons. The predicted molar refractivity (Wildman–Crippen MR) is 42.6 cm³/mol. The van der Waals surface area contributed by atoms with Crippen LogP contribution in [0, 0.1) is 0 Å². The summed E-state index contributed by atoms with van der Waals surface area (Å²) in [5, 5.41) is 0. The van der Waals surface area contributed by atoms with Crippen molar-refractivity contribution in [1.29, 1.82) is 0 Å². The molecule has 0 unspecified atom stereocenters. The van der Waals surface area contributed by atoms with Crippen molar-refractivity contribution in [2.45, 2.75) is 6.92 Å². The van der Waals surface area contributed by atoms with Gasteiger partial charge in [0, 0.05) is 11.9 Å². The lowest BCUT2D eigenvalue weighted by Gasteiger charge is -1.83. The fourth-order valence-corrected chi connectivity index (χ4v) is 0.384. The molecular weight excluding hydrogens is 110 g/mol. The zero-order valence-corrected chi connectivity index (χ0v) is 5.67. The van der Waals surface area contributed by atoms with Crippen molar-refractivity contribution in [3.05, 3.63) is 37.1 Å². The van der Waals surface area contributed by atoms with Gasteiger partial charge in [-0.3, -0.25) is 4.99 Å². The van der Waals surface area contributed by atoms with Crippen molar-refractivity contribution in [3.8, 4) is 0 Å². The van der Waals surface area contributed by atoms with Gasteiger partial charge in [-0.2, -0.15) is 0 Å². The van der Waals surface area contributed by atoms with Crippen LogP contribution in [0.5, 0.6) is 0 Å². The van der Waals surface area contributed by atoms with Crippen LogP contribution in [-0.2, 0) is 0 Å². The van der Waals surface area contributed by atoms with Gasteiger partial charge in [-0.25, -0.2) is 0 Å². The van der Waals surface area contributed by atoms with Gasteiger partial charge in [-0.15, -0.1) is 0 Å². The number of rotatable bonds is 3. The first-order chi connectivity index (χ1) is 4.31. The van der Waals surface area contributed by atoms with Crippen molar-refractivity contribution in [1.82, 2.24) is 0 Å². The fourth-order valence-electron chi connectivity index (χ4n) is 0.384. The third-order valence-corrected chi connectivity index (χ3v) is 0.743. The van der Waals surface area contributed by atoms with Crippen molar-refractivity contribution < 1.29 is 0 Å². The Kier molecular flexibility index (Phi) is 4.41. The Morgan fingerprint density at radius 1 is 1.33 bits per heavy atom. The SMILES string of the molecule is C=C/C=N\C(C)=C\C=C. The average Bonchev–Trinajstić information content (AvgIpc) is 1.85. The Balaban J connectivity index is 3.88. The van der Waals surface area contributed by atoms with E-state index >= 15 is 0 Å². The van der Waals surface area contributed by atoms with E-state index in [2.05, 4.69) is 18.2 Å². The largest absolute Gasteiger partial charge is 0.262 e. The van der Waals surface area contributed by atoms with Gasteiger partial charge >= 0.3 is 0 Å². The van der Waals surface area contributed by atoms with Crippen molar-refractivity contribution in [2.75, 3.05) is 0 Å². The summed E-state index contributed by atoms with van der Waals surface area (Å²) in [7, 11) is 0. The summed E-state index contributed by atoms with van der Waals surface area (Å²) in [6.07, 6.45) is 6.82. The Bertz CT molecular complexity index is 152. The molecule has 1 heteroatoms. The van der Waals surface area contributed by atoms with Crippen LogP contribution in [0.1, 0.15) is 6.92 Å². The summed E-state index contributed by atoms with van der Waals surface area (Å²) in [6.45, 7) is 8.93. The van der Waals surface area contributed by atoms with E-state index in [0.29, 0.717) is 0 Å². The molecule has 0 spiro atoms. The van der Waals surface area contributed by atoms with Crippen LogP contribution in [0.2, 0.25) is 0 Å². The third-order valence-electron chi connectivity index (χ3n) is 0.743. The summed E-state index contributed by atoms with van der Waals surface area (Å²) in [4.78, 5) is 3.98. The average molecular weight is 121 g/mol. The lowest BCUT2D eigenvalue weighted by Crippen LogP contribution is -1.67. The molecule has 0 heterocycles. The molecule has 0 N–H and O–H groups in total. The highest BCUT2D eigenvalue weighted by atomic mass is 14.7. The summed E-state index contributed by atoms with van der Waals surface area (Å²) in [6, 6.07) is 0. The molecule has 0 atom stereocenters. The second kappa shape index (κ2) is 5.04. The molecule has 0 aromatic carbocycles. The van der Waals surface area contributed by atoms with Crippen molar-refractivity contribution in [3.63, 3.8) is 0 Å². The molecule has 0 aliphatic heterocycles. The number of nitrogens with zero attached hydrogens (tertiary/aromatic N) is 1. The minimum absolute atomic E-state index is 0.935. The van der Waals surface area contributed by atoms with E-state index in [4.69, 9.17) is 0 Å². The maximum absolute atomic E-state index is 3.98. The highest BCUT2D eigenvalue weighted by molar-refractivity contribution is 5.71. The minimum atomic E-state index is 0.935. The fraction of sp³-hybridized carbons (Fsp3) is 0.125. The van der Waals surface area contributed by atoms with Crippen LogP contribution in [0.15, 0.2) is 42.1 Å². The van der Waals surface area contributed by atoms with Gasteiger partial charge < -0.3 is 0 Å². The molecule has 0 aromatic rings. The molecule has 0 bridgehead atoms. The third kappa shape index (κ3) is 4.75. The van der Waals surface area contributed by atoms with E-state index in [1.807, 2.05) is 13.0 Å². The summed E-state index contributed by atoms with van der Waals surface area (Å²) in [5.74, 6) is 0. The molecule has 0 amide bonds. The van der Waals surface area contributed by atoms with E-state index in [9.17, 15) is 0 Å². The molecule has 1 nitrogen and oxygen atoms in total. The molecule has 0 aliphatic carbocycles. The van der Waals surface area contributed by atoms with Crippen molar-refractivity contribution >= 4 is 6.21 Å². The van der Waals surface area contributed by atoms with Crippen LogP contribution in [0.25, 0.3) is 0 Å². The van der Waals surface area contributed by atoms with Crippen LogP contribution in [0.4, 0.5) is 0 Å². The Labute approximate surface area is 56.1 Å². The zero-order valence-electron chi connectivity index (χ0n) is 5.67. The lowest BCUT2D eigenvalue weighted by molar-refractivity contribution is 1.32. The summed E-state index contributed by atoms with van der Waals surface area (Å²) >= 11 is 0. The van der Waals surface area contributed by atoms with Crippen molar-refractivity contribution in [2.24, 2.45) is 4.99 Å². The molecule has 0 aliphatic rings. The van der Waals surface area contributed by atoms with Crippen LogP contribution in [-0.4, -0.2) is 6.21 Å². The van der Waals surface area contributed by atoms with E-state index in [0.717, 1.165) is 5.70 Å². The maximum atomic E-state index is 3.98. The van der Waals surface area contributed by atoms with E-state index in [1.54, 1.807) is 18.4 Å². The molecule has 0 rings (SSSR count). The topological polar surface area (TPSA) is 12.4 Å². The Morgan fingerprint density at radius 3 is 2.44 bits per heavy atom. The van der Waals surface area contributed by atoms with Gasteiger partial charge in [0.25, 0.3) is 0 Å². The number of aliphatic imine (C=N–C) groups is 1. The first-order valence-corrected chi connectivity index (χ1v) is 2.75. The normalized spacial score (nSPS) is 11.9. The first-order valence-electron chi connectivity index (χ1n) is 2.75. The van der Waals surface area contributed by atoms with Gasteiger partial charge in [0.2, 0.25) is 0 Å². The highest BCUT2D eigenvalue weighted by Crippen LogP contribution is 1.91. The van der Waals surface area contributed by atoms with Gasteiger partial charge in [0.15, 0.2) is 0 Å². The van der Waals surface area contributed by atoms with Crippen LogP contribution >= 0.6 is 0 Å².